The van der Waals surface area contributed by atoms with E-state index in [4.69, 9.17) is 9.72 Å². The highest BCUT2D eigenvalue weighted by Gasteiger charge is 2.25. The molecule has 0 saturated heterocycles. The molecule has 1 amide bonds. The summed E-state index contributed by atoms with van der Waals surface area (Å²) in [6.07, 6.45) is 5.26. The number of aromatic nitrogens is 2. The van der Waals surface area contributed by atoms with Crippen molar-refractivity contribution < 1.29 is 9.53 Å². The molecule has 1 saturated carbocycles. The molecule has 0 bridgehead atoms. The average Bonchev–Trinajstić information content (AvgIpc) is 3.41. The maximum absolute atomic E-state index is 13.7. The maximum Gasteiger partial charge on any atom is 0.267 e. The fraction of sp³-hybridized carbons (Fsp3) is 0.458. The first-order chi connectivity index (χ1) is 15.4. The normalized spacial score (nSPS) is 15.2. The first-order valence-corrected chi connectivity index (χ1v) is 12.8. The van der Waals surface area contributed by atoms with Crippen molar-refractivity contribution in [1.29, 1.82) is 0 Å². The van der Waals surface area contributed by atoms with Crippen LogP contribution in [0.25, 0.3) is 15.9 Å². The van der Waals surface area contributed by atoms with Crippen molar-refractivity contribution in [3.05, 3.63) is 45.1 Å². The smallest absolute Gasteiger partial charge is 0.267 e. The summed E-state index contributed by atoms with van der Waals surface area (Å²) >= 11 is 2.89. The van der Waals surface area contributed by atoms with Crippen molar-refractivity contribution in [2.24, 2.45) is 0 Å². The number of thiophene rings is 1. The van der Waals surface area contributed by atoms with Crippen LogP contribution >= 0.6 is 23.1 Å². The molecule has 1 aliphatic rings. The molecule has 1 N–H and O–H groups in total. The Hall–Kier alpha value is -2.32. The third-order valence-corrected chi connectivity index (χ3v) is 8.40. The molecule has 1 aromatic carbocycles. The van der Waals surface area contributed by atoms with Gasteiger partial charge in [0.15, 0.2) is 5.16 Å². The van der Waals surface area contributed by atoms with Crippen LogP contribution in [-0.2, 0) is 11.2 Å². The summed E-state index contributed by atoms with van der Waals surface area (Å²) in [6.45, 7) is 5.95. The van der Waals surface area contributed by atoms with E-state index in [2.05, 4.69) is 12.2 Å². The lowest BCUT2D eigenvalue weighted by atomic mass is 10.2. The summed E-state index contributed by atoms with van der Waals surface area (Å²) in [4.78, 5) is 33.3. The van der Waals surface area contributed by atoms with Crippen molar-refractivity contribution >= 4 is 39.2 Å². The largest absolute Gasteiger partial charge is 0.497 e. The molecule has 2 heterocycles. The van der Waals surface area contributed by atoms with Gasteiger partial charge in [0.2, 0.25) is 5.91 Å². The second-order valence-corrected chi connectivity index (χ2v) is 10.6. The van der Waals surface area contributed by atoms with Crippen LogP contribution in [-0.4, -0.2) is 33.9 Å². The van der Waals surface area contributed by atoms with Gasteiger partial charge in [-0.25, -0.2) is 4.98 Å². The molecule has 3 aromatic rings. The number of fused-ring (bicyclic) bond motifs is 1. The number of rotatable bonds is 7. The Balaban J connectivity index is 1.78. The number of ether oxygens (including phenoxy) is 1. The molecule has 6 nitrogen and oxygen atoms in total. The standard InChI is InChI=1S/C24H29N3O3S2/c1-5-19-14(2)20-22(32-19)26-24(31-15(3)21(28)25-16-9-6-7-10-16)27(23(20)29)17-11-8-12-18(13-17)30-4/h8,11-13,15-16H,5-7,9-10H2,1-4H3,(H,25,28). The molecule has 8 heteroatoms. The van der Waals surface area contributed by atoms with Crippen molar-refractivity contribution in [3.63, 3.8) is 0 Å². The van der Waals surface area contributed by atoms with E-state index in [9.17, 15) is 9.59 Å². The van der Waals surface area contributed by atoms with Gasteiger partial charge in [0.05, 0.1) is 23.4 Å². The monoisotopic (exact) mass is 471 g/mol. The van der Waals surface area contributed by atoms with Crippen LogP contribution in [0.4, 0.5) is 0 Å². The van der Waals surface area contributed by atoms with Gasteiger partial charge in [0, 0.05) is 17.0 Å². The zero-order valence-electron chi connectivity index (χ0n) is 18.9. The lowest BCUT2D eigenvalue weighted by molar-refractivity contribution is -0.120. The Morgan fingerprint density at radius 3 is 2.81 bits per heavy atom. The summed E-state index contributed by atoms with van der Waals surface area (Å²) in [7, 11) is 1.60. The Kier molecular flexibility index (Phi) is 6.90. The summed E-state index contributed by atoms with van der Waals surface area (Å²) in [5, 5.41) is 3.96. The second-order valence-electron chi connectivity index (χ2n) is 8.17. The fourth-order valence-corrected chi connectivity index (χ4v) is 6.30. The minimum atomic E-state index is -0.372. The fourth-order valence-electron chi connectivity index (χ4n) is 4.20. The third kappa shape index (κ3) is 4.43. The number of nitrogens with zero attached hydrogens (tertiary/aromatic N) is 2. The Labute approximate surface area is 196 Å². The molecule has 0 aliphatic heterocycles. The summed E-state index contributed by atoms with van der Waals surface area (Å²) < 4.78 is 7.00. The van der Waals surface area contributed by atoms with Crippen LogP contribution in [0.3, 0.4) is 0 Å². The molecule has 1 fully saturated rings. The Morgan fingerprint density at radius 2 is 2.12 bits per heavy atom. The van der Waals surface area contributed by atoms with Crippen LogP contribution < -0.4 is 15.6 Å². The van der Waals surface area contributed by atoms with E-state index in [1.54, 1.807) is 23.0 Å². The number of carbonyl (C=O) groups excluding carboxylic acids is 1. The van der Waals surface area contributed by atoms with E-state index in [1.807, 2.05) is 38.1 Å². The van der Waals surface area contributed by atoms with Crippen molar-refractivity contribution in [3.8, 4) is 11.4 Å². The summed E-state index contributed by atoms with van der Waals surface area (Å²) in [5.74, 6) is 0.652. The highest BCUT2D eigenvalue weighted by atomic mass is 32.2. The number of nitrogens with one attached hydrogen (secondary N) is 1. The van der Waals surface area contributed by atoms with Gasteiger partial charge >= 0.3 is 0 Å². The van der Waals surface area contributed by atoms with E-state index < -0.39 is 0 Å². The third-order valence-electron chi connectivity index (χ3n) is 6.02. The van der Waals surface area contributed by atoms with Gasteiger partial charge < -0.3 is 10.1 Å². The first kappa shape index (κ1) is 22.9. The van der Waals surface area contributed by atoms with Crippen molar-refractivity contribution in [1.82, 2.24) is 14.9 Å². The number of hydrogen-bond donors (Lipinski definition) is 1. The van der Waals surface area contributed by atoms with Gasteiger partial charge in [-0.1, -0.05) is 37.6 Å². The highest BCUT2D eigenvalue weighted by molar-refractivity contribution is 8.00. The van der Waals surface area contributed by atoms with Gasteiger partial charge in [-0.3, -0.25) is 14.2 Å². The lowest BCUT2D eigenvalue weighted by Gasteiger charge is -2.18. The van der Waals surface area contributed by atoms with Crippen molar-refractivity contribution in [2.45, 2.75) is 69.3 Å². The molecule has 2 aromatic heterocycles. The molecular formula is C24H29N3O3S2. The summed E-state index contributed by atoms with van der Waals surface area (Å²) in [5.41, 5.74) is 1.56. The van der Waals surface area contributed by atoms with E-state index in [0.717, 1.165) is 47.4 Å². The molecule has 1 atom stereocenters. The number of carbonyl (C=O) groups is 1. The van der Waals surface area contributed by atoms with E-state index in [-0.39, 0.29) is 22.8 Å². The summed E-state index contributed by atoms with van der Waals surface area (Å²) in [6, 6.07) is 7.65. The van der Waals surface area contributed by atoms with Gasteiger partial charge in [0.25, 0.3) is 5.56 Å². The predicted octanol–water partition coefficient (Wildman–Crippen LogP) is 4.87. The molecule has 1 unspecified atom stereocenters. The molecule has 1 aliphatic carbocycles. The van der Waals surface area contributed by atoms with Gasteiger partial charge in [-0.2, -0.15) is 0 Å². The number of hydrogen-bond acceptors (Lipinski definition) is 6. The van der Waals surface area contributed by atoms with Gasteiger partial charge in [-0.15, -0.1) is 11.3 Å². The van der Waals surface area contributed by atoms with E-state index in [0.29, 0.717) is 22.0 Å². The molecule has 4 rings (SSSR count). The molecular weight excluding hydrogens is 442 g/mol. The van der Waals surface area contributed by atoms with Crippen LogP contribution in [0.2, 0.25) is 0 Å². The van der Waals surface area contributed by atoms with Crippen LogP contribution in [0.5, 0.6) is 5.75 Å². The minimum absolute atomic E-state index is 0.00922. The molecule has 170 valence electrons. The number of benzene rings is 1. The van der Waals surface area contributed by atoms with Gasteiger partial charge in [0.1, 0.15) is 10.6 Å². The number of thioether (sulfide) groups is 1. The number of aryl methyl sites for hydroxylation is 2. The van der Waals surface area contributed by atoms with Crippen LogP contribution in [0.15, 0.2) is 34.2 Å². The van der Waals surface area contributed by atoms with Crippen LogP contribution in [0.1, 0.15) is 50.0 Å². The predicted molar refractivity (Wildman–Crippen MR) is 132 cm³/mol. The zero-order valence-corrected chi connectivity index (χ0v) is 20.6. The maximum atomic E-state index is 13.7. The Bertz CT molecular complexity index is 1200. The van der Waals surface area contributed by atoms with Crippen LogP contribution in [0, 0.1) is 6.92 Å². The van der Waals surface area contributed by atoms with Crippen molar-refractivity contribution in [2.75, 3.05) is 7.11 Å². The zero-order chi connectivity index (χ0) is 22.8. The molecule has 0 spiro atoms. The lowest BCUT2D eigenvalue weighted by Crippen LogP contribution is -2.38. The second kappa shape index (κ2) is 9.67. The highest BCUT2D eigenvalue weighted by Crippen LogP contribution is 2.32. The Morgan fingerprint density at radius 1 is 1.38 bits per heavy atom. The SMILES string of the molecule is CCc1sc2nc(SC(C)C(=O)NC3CCCC3)n(-c3cccc(OC)c3)c(=O)c2c1C. The number of amides is 1. The number of methoxy groups -OCH3 is 1. The average molecular weight is 472 g/mol. The molecule has 0 radical (unpaired) electrons. The minimum Gasteiger partial charge on any atom is -0.497 e. The quantitative estimate of drug-likeness (QED) is 0.393. The first-order valence-electron chi connectivity index (χ1n) is 11.1. The van der Waals surface area contributed by atoms with E-state index in [1.165, 1.54) is 11.8 Å². The van der Waals surface area contributed by atoms with E-state index >= 15 is 0 Å². The molecule has 32 heavy (non-hydrogen) atoms. The van der Waals surface area contributed by atoms with Gasteiger partial charge in [-0.05, 0) is 50.8 Å². The topological polar surface area (TPSA) is 73.2 Å².